The van der Waals surface area contributed by atoms with Crippen LogP contribution >= 0.6 is 23.4 Å². The van der Waals surface area contributed by atoms with Crippen LogP contribution < -0.4 is 19.5 Å². The Bertz CT molecular complexity index is 1050. The summed E-state index contributed by atoms with van der Waals surface area (Å²) in [6.07, 6.45) is -0.0175. The Hall–Kier alpha value is -2.91. The summed E-state index contributed by atoms with van der Waals surface area (Å²) >= 11 is 7.40. The van der Waals surface area contributed by atoms with E-state index in [0.717, 1.165) is 5.75 Å². The molecule has 2 aromatic carbocycles. The summed E-state index contributed by atoms with van der Waals surface area (Å²) in [5.74, 6) is 1.08. The van der Waals surface area contributed by atoms with E-state index in [9.17, 15) is 9.59 Å². The Morgan fingerprint density at radius 1 is 1.15 bits per heavy atom. The molecule has 1 aliphatic heterocycles. The smallest absolute Gasteiger partial charge is 0.242 e. The molecule has 1 saturated heterocycles. The second kappa shape index (κ2) is 11.3. The molecule has 0 aromatic heterocycles. The molecule has 1 atom stereocenters. The summed E-state index contributed by atoms with van der Waals surface area (Å²) in [7, 11) is 2.96. The summed E-state index contributed by atoms with van der Waals surface area (Å²) < 4.78 is 16.0. The number of thioether (sulfide) groups is 1. The van der Waals surface area contributed by atoms with Crippen molar-refractivity contribution in [3.8, 4) is 17.2 Å². The predicted octanol–water partition coefficient (Wildman–Crippen LogP) is 4.74. The maximum Gasteiger partial charge on any atom is 0.242 e. The standard InChI is InChI=1S/C23H26ClN3O5S/c1-5-27-22(29)20(33-23(27)25-14-7-9-15(10-8-14)32-6-2)13-21(28)26-17-12-18(30-3)16(24)11-19(17)31-4/h7-12,20H,5-6,13H2,1-4H3,(H,26,28). The van der Waals surface area contributed by atoms with E-state index in [1.165, 1.54) is 26.0 Å². The van der Waals surface area contributed by atoms with Crippen molar-refractivity contribution in [2.75, 3.05) is 32.7 Å². The number of methoxy groups -OCH3 is 2. The maximum absolute atomic E-state index is 12.9. The van der Waals surface area contributed by atoms with Gasteiger partial charge in [0, 0.05) is 25.1 Å². The number of carbonyl (C=O) groups excluding carboxylic acids is 2. The van der Waals surface area contributed by atoms with Gasteiger partial charge in [0.05, 0.1) is 37.2 Å². The highest BCUT2D eigenvalue weighted by atomic mass is 35.5. The highest BCUT2D eigenvalue weighted by Gasteiger charge is 2.38. The zero-order valence-electron chi connectivity index (χ0n) is 18.9. The molecule has 0 radical (unpaired) electrons. The van der Waals surface area contributed by atoms with E-state index in [-0.39, 0.29) is 18.2 Å². The number of nitrogens with zero attached hydrogens (tertiary/aromatic N) is 2. The fraction of sp³-hybridized carbons (Fsp3) is 0.348. The monoisotopic (exact) mass is 491 g/mol. The molecule has 3 rings (SSSR count). The first-order valence-electron chi connectivity index (χ1n) is 10.4. The van der Waals surface area contributed by atoms with Gasteiger partial charge in [-0.2, -0.15) is 0 Å². The van der Waals surface area contributed by atoms with E-state index in [2.05, 4.69) is 10.3 Å². The van der Waals surface area contributed by atoms with E-state index in [1.54, 1.807) is 17.0 Å². The number of ether oxygens (including phenoxy) is 3. The Morgan fingerprint density at radius 2 is 1.85 bits per heavy atom. The summed E-state index contributed by atoms with van der Waals surface area (Å²) in [6, 6.07) is 10.5. The molecule has 1 aliphatic rings. The summed E-state index contributed by atoms with van der Waals surface area (Å²) in [6.45, 7) is 4.84. The van der Waals surface area contributed by atoms with Crippen LogP contribution in [0.25, 0.3) is 0 Å². The third-order valence-electron chi connectivity index (χ3n) is 4.83. The third kappa shape index (κ3) is 5.91. The molecule has 2 amide bonds. The normalized spacial score (nSPS) is 16.8. The highest BCUT2D eigenvalue weighted by molar-refractivity contribution is 8.15. The molecular weight excluding hydrogens is 466 g/mol. The lowest BCUT2D eigenvalue weighted by atomic mass is 10.2. The first-order chi connectivity index (χ1) is 15.9. The van der Waals surface area contributed by atoms with Gasteiger partial charge in [-0.05, 0) is 38.1 Å². The van der Waals surface area contributed by atoms with Gasteiger partial charge in [-0.3, -0.25) is 14.5 Å². The van der Waals surface area contributed by atoms with Gasteiger partial charge in [0.15, 0.2) is 5.17 Å². The minimum atomic E-state index is -0.577. The lowest BCUT2D eigenvalue weighted by Crippen LogP contribution is -2.33. The van der Waals surface area contributed by atoms with Crippen LogP contribution in [0.3, 0.4) is 0 Å². The fourth-order valence-corrected chi connectivity index (χ4v) is 4.69. The van der Waals surface area contributed by atoms with E-state index < -0.39 is 5.25 Å². The van der Waals surface area contributed by atoms with Crippen LogP contribution in [0.2, 0.25) is 5.02 Å². The molecule has 1 unspecified atom stereocenters. The third-order valence-corrected chi connectivity index (χ3v) is 6.30. The van der Waals surface area contributed by atoms with Crippen LogP contribution in [-0.2, 0) is 9.59 Å². The van der Waals surface area contributed by atoms with Gasteiger partial charge in [-0.25, -0.2) is 4.99 Å². The van der Waals surface area contributed by atoms with E-state index in [4.69, 9.17) is 25.8 Å². The van der Waals surface area contributed by atoms with Crippen molar-refractivity contribution in [3.63, 3.8) is 0 Å². The molecule has 10 heteroatoms. The average molecular weight is 492 g/mol. The summed E-state index contributed by atoms with van der Waals surface area (Å²) in [5.41, 5.74) is 1.12. The zero-order valence-corrected chi connectivity index (χ0v) is 20.5. The van der Waals surface area contributed by atoms with Crippen molar-refractivity contribution in [3.05, 3.63) is 41.4 Å². The van der Waals surface area contributed by atoms with Gasteiger partial charge in [-0.1, -0.05) is 23.4 Å². The predicted molar refractivity (Wildman–Crippen MR) is 131 cm³/mol. The molecule has 0 saturated carbocycles. The van der Waals surface area contributed by atoms with Crippen molar-refractivity contribution in [1.29, 1.82) is 0 Å². The summed E-state index contributed by atoms with van der Waals surface area (Å²) in [4.78, 5) is 31.8. The second-order valence-electron chi connectivity index (χ2n) is 6.95. The van der Waals surface area contributed by atoms with Gasteiger partial charge in [-0.15, -0.1) is 0 Å². The number of amidine groups is 1. The number of hydrogen-bond acceptors (Lipinski definition) is 7. The number of anilines is 1. The Morgan fingerprint density at radius 3 is 2.45 bits per heavy atom. The van der Waals surface area contributed by atoms with Crippen molar-refractivity contribution < 1.29 is 23.8 Å². The highest BCUT2D eigenvalue weighted by Crippen LogP contribution is 2.37. The van der Waals surface area contributed by atoms with Crippen LogP contribution in [0.5, 0.6) is 17.2 Å². The van der Waals surface area contributed by atoms with Crippen LogP contribution in [-0.4, -0.2) is 54.5 Å². The SMILES string of the molecule is CCOc1ccc(N=C2SC(CC(=O)Nc3cc(OC)c(Cl)cc3OC)C(=O)N2CC)cc1. The van der Waals surface area contributed by atoms with Gasteiger partial charge in [0.1, 0.15) is 22.5 Å². The largest absolute Gasteiger partial charge is 0.495 e. The molecule has 1 fully saturated rings. The Labute approximate surface area is 202 Å². The maximum atomic E-state index is 12.9. The first-order valence-corrected chi connectivity index (χ1v) is 11.7. The van der Waals surface area contributed by atoms with Crippen LogP contribution in [0.1, 0.15) is 20.3 Å². The first kappa shape index (κ1) is 24.7. The lowest BCUT2D eigenvalue weighted by molar-refractivity contribution is -0.128. The van der Waals surface area contributed by atoms with Crippen molar-refractivity contribution in [1.82, 2.24) is 4.90 Å². The number of nitrogens with one attached hydrogen (secondary N) is 1. The Kier molecular flexibility index (Phi) is 8.46. The molecule has 1 N–H and O–H groups in total. The molecule has 0 aliphatic carbocycles. The zero-order chi connectivity index (χ0) is 24.0. The van der Waals surface area contributed by atoms with Crippen LogP contribution in [0.15, 0.2) is 41.4 Å². The number of aliphatic imine (C=N–C) groups is 1. The number of benzene rings is 2. The quantitative estimate of drug-likeness (QED) is 0.545. The Balaban J connectivity index is 1.72. The number of amides is 2. The summed E-state index contributed by atoms with van der Waals surface area (Å²) in [5, 5.41) is 3.14. The molecule has 33 heavy (non-hydrogen) atoms. The van der Waals surface area contributed by atoms with Gasteiger partial charge in [0.2, 0.25) is 11.8 Å². The van der Waals surface area contributed by atoms with Gasteiger partial charge in [0.25, 0.3) is 0 Å². The van der Waals surface area contributed by atoms with E-state index >= 15 is 0 Å². The van der Waals surface area contributed by atoms with E-state index in [1.807, 2.05) is 38.1 Å². The van der Waals surface area contributed by atoms with Gasteiger partial charge < -0.3 is 19.5 Å². The minimum Gasteiger partial charge on any atom is -0.495 e. The number of carbonyl (C=O) groups is 2. The van der Waals surface area contributed by atoms with Gasteiger partial charge >= 0.3 is 0 Å². The van der Waals surface area contributed by atoms with Crippen molar-refractivity contribution in [2.45, 2.75) is 25.5 Å². The topological polar surface area (TPSA) is 89.5 Å². The second-order valence-corrected chi connectivity index (χ2v) is 8.53. The molecule has 176 valence electrons. The van der Waals surface area contributed by atoms with Crippen molar-refractivity contribution in [2.24, 2.45) is 4.99 Å². The fourth-order valence-electron chi connectivity index (χ4n) is 3.24. The number of rotatable bonds is 9. The number of hydrogen-bond donors (Lipinski definition) is 1. The molecule has 2 aromatic rings. The van der Waals surface area contributed by atoms with Crippen molar-refractivity contribution >= 4 is 51.7 Å². The molecule has 0 spiro atoms. The molecule has 0 bridgehead atoms. The minimum absolute atomic E-state index is 0.0175. The molecular formula is C23H26ClN3O5S. The number of halogens is 1. The molecule has 1 heterocycles. The van der Waals surface area contributed by atoms with E-state index in [0.29, 0.717) is 46.2 Å². The molecule has 8 nitrogen and oxygen atoms in total. The lowest BCUT2D eigenvalue weighted by Gasteiger charge is -2.14. The average Bonchev–Trinajstić information content (AvgIpc) is 3.09. The van der Waals surface area contributed by atoms with Crippen LogP contribution in [0, 0.1) is 0 Å². The van der Waals surface area contributed by atoms with Crippen LogP contribution in [0.4, 0.5) is 11.4 Å².